The van der Waals surface area contributed by atoms with Gasteiger partial charge in [0.2, 0.25) is 0 Å². The molecule has 0 unspecified atom stereocenters. The van der Waals surface area contributed by atoms with Crippen LogP contribution in [0.4, 0.5) is 5.69 Å². The molecular weight excluding hydrogens is 573 g/mol. The first-order valence-corrected chi connectivity index (χ1v) is 12.9. The number of carbonyl (C=O) groups is 1. The number of sulfonamides is 1. The maximum absolute atomic E-state index is 13.4. The lowest BCUT2D eigenvalue weighted by atomic mass is 10.1. The fourth-order valence-electron chi connectivity index (χ4n) is 3.00. The van der Waals surface area contributed by atoms with E-state index in [-0.39, 0.29) is 4.90 Å². The predicted octanol–water partition coefficient (Wildman–Crippen LogP) is 5.30. The van der Waals surface area contributed by atoms with Gasteiger partial charge in [-0.1, -0.05) is 29.8 Å². The number of hydrogen-bond acceptors (Lipinski definition) is 4. The molecule has 1 N–H and O–H groups in total. The highest BCUT2D eigenvalue weighted by atomic mass is 127. The molecule has 172 valence electrons. The minimum Gasteiger partial charge on any atom is -0.271 e. The van der Waals surface area contributed by atoms with Crippen LogP contribution in [0, 0.1) is 17.4 Å². The molecule has 6 nitrogen and oxygen atoms in total. The summed E-state index contributed by atoms with van der Waals surface area (Å²) in [6.07, 6.45) is 0. The van der Waals surface area contributed by atoms with Gasteiger partial charge >= 0.3 is 0 Å². The number of rotatable bonds is 7. The Morgan fingerprint density at radius 1 is 1.00 bits per heavy atom. The smallest absolute Gasteiger partial charge is 0.264 e. The Labute approximate surface area is 212 Å². The maximum atomic E-state index is 13.4. The van der Waals surface area contributed by atoms with Crippen molar-refractivity contribution in [2.75, 3.05) is 10.8 Å². The van der Waals surface area contributed by atoms with Gasteiger partial charge in [0.25, 0.3) is 15.9 Å². The Bertz CT molecular complexity index is 1290. The zero-order chi connectivity index (χ0) is 24.2. The Kier molecular flexibility index (Phi) is 8.14. The van der Waals surface area contributed by atoms with Crippen LogP contribution >= 0.6 is 34.2 Å². The van der Waals surface area contributed by atoms with Crippen LogP contribution < -0.4 is 9.73 Å². The number of nitrogens with zero attached hydrogens (tertiary/aromatic N) is 2. The SMILES string of the molecule is C/C(=N/NC(=O)CN(c1ccc(C)c(C)c1)S(=O)(=O)c1ccc(Cl)cc1)c1ccc(I)cc1. The third-order valence-corrected chi connectivity index (χ3v) is 7.84. The van der Waals surface area contributed by atoms with Gasteiger partial charge in [-0.05, 0) is 109 Å². The molecule has 3 aromatic rings. The fraction of sp³-hybridized carbons (Fsp3) is 0.167. The van der Waals surface area contributed by atoms with Crippen molar-refractivity contribution >= 4 is 61.5 Å². The van der Waals surface area contributed by atoms with Crippen LogP contribution in [0.5, 0.6) is 0 Å². The summed E-state index contributed by atoms with van der Waals surface area (Å²) in [4.78, 5) is 12.8. The number of hydrogen-bond donors (Lipinski definition) is 1. The number of benzene rings is 3. The number of amides is 1. The molecular formula is C24H23ClIN3O3S. The van der Waals surface area contributed by atoms with E-state index in [1.807, 2.05) is 44.2 Å². The first-order valence-electron chi connectivity index (χ1n) is 10.0. The molecule has 33 heavy (non-hydrogen) atoms. The van der Waals surface area contributed by atoms with E-state index >= 15 is 0 Å². The maximum Gasteiger partial charge on any atom is 0.264 e. The fourth-order valence-corrected chi connectivity index (χ4v) is 4.90. The molecule has 0 fully saturated rings. The van der Waals surface area contributed by atoms with E-state index in [9.17, 15) is 13.2 Å². The van der Waals surface area contributed by atoms with Crippen LogP contribution in [-0.4, -0.2) is 26.6 Å². The van der Waals surface area contributed by atoms with Crippen molar-refractivity contribution < 1.29 is 13.2 Å². The summed E-state index contributed by atoms with van der Waals surface area (Å²) in [6, 6.07) is 18.8. The molecule has 0 aliphatic rings. The highest BCUT2D eigenvalue weighted by Crippen LogP contribution is 2.26. The summed E-state index contributed by atoms with van der Waals surface area (Å²) in [5.41, 5.74) is 6.26. The number of anilines is 1. The Hall–Kier alpha value is -2.43. The van der Waals surface area contributed by atoms with E-state index in [1.54, 1.807) is 19.1 Å². The van der Waals surface area contributed by atoms with Crippen LogP contribution in [0.15, 0.2) is 76.7 Å². The van der Waals surface area contributed by atoms with Crippen molar-refractivity contribution in [3.05, 3.63) is 92.0 Å². The second-order valence-corrected chi connectivity index (χ2v) is 11.0. The lowest BCUT2D eigenvalue weighted by Gasteiger charge is -2.24. The molecule has 0 saturated carbocycles. The zero-order valence-corrected chi connectivity index (χ0v) is 22.1. The molecule has 3 aromatic carbocycles. The standard InChI is InChI=1S/C24H23ClIN3O3S/c1-16-4-11-22(14-17(16)2)29(33(31,32)23-12-7-20(25)8-13-23)15-24(30)28-27-18(3)19-5-9-21(26)10-6-19/h4-14H,15H2,1-3H3,(H,28,30)/b27-18-. The van der Waals surface area contributed by atoms with Crippen molar-refractivity contribution in [2.45, 2.75) is 25.7 Å². The van der Waals surface area contributed by atoms with Gasteiger partial charge in [-0.2, -0.15) is 5.10 Å². The van der Waals surface area contributed by atoms with Crippen LogP contribution in [0.3, 0.4) is 0 Å². The first-order chi connectivity index (χ1) is 15.6. The second kappa shape index (κ2) is 10.7. The summed E-state index contributed by atoms with van der Waals surface area (Å²) in [7, 11) is -4.03. The number of hydrazone groups is 1. The summed E-state index contributed by atoms with van der Waals surface area (Å²) < 4.78 is 29.0. The van der Waals surface area contributed by atoms with Crippen molar-refractivity contribution in [3.63, 3.8) is 0 Å². The van der Waals surface area contributed by atoms with Gasteiger partial charge in [0.15, 0.2) is 0 Å². The highest BCUT2D eigenvalue weighted by molar-refractivity contribution is 14.1. The minimum absolute atomic E-state index is 0.0384. The van der Waals surface area contributed by atoms with Gasteiger partial charge < -0.3 is 0 Å². The quantitative estimate of drug-likeness (QED) is 0.229. The topological polar surface area (TPSA) is 78.8 Å². The van der Waals surface area contributed by atoms with Crippen LogP contribution in [0.2, 0.25) is 5.02 Å². The van der Waals surface area contributed by atoms with E-state index in [2.05, 4.69) is 33.1 Å². The molecule has 0 aromatic heterocycles. The van der Waals surface area contributed by atoms with Crippen LogP contribution in [0.25, 0.3) is 0 Å². The average Bonchev–Trinajstić information content (AvgIpc) is 2.78. The van der Waals surface area contributed by atoms with Crippen LogP contribution in [0.1, 0.15) is 23.6 Å². The molecule has 0 aliphatic carbocycles. The van der Waals surface area contributed by atoms with Gasteiger partial charge in [-0.3, -0.25) is 9.10 Å². The van der Waals surface area contributed by atoms with Crippen LogP contribution in [-0.2, 0) is 14.8 Å². The van der Waals surface area contributed by atoms with Gasteiger partial charge in [-0.15, -0.1) is 0 Å². The molecule has 3 rings (SSSR count). The molecule has 0 atom stereocenters. The minimum atomic E-state index is -4.03. The normalized spacial score (nSPS) is 11.8. The Balaban J connectivity index is 1.90. The van der Waals surface area contributed by atoms with E-state index in [0.717, 1.165) is 24.6 Å². The lowest BCUT2D eigenvalue weighted by Crippen LogP contribution is -2.39. The van der Waals surface area contributed by atoms with Crippen molar-refractivity contribution in [1.29, 1.82) is 0 Å². The van der Waals surface area contributed by atoms with Gasteiger partial charge in [-0.25, -0.2) is 13.8 Å². The second-order valence-electron chi connectivity index (χ2n) is 7.47. The molecule has 0 bridgehead atoms. The van der Waals surface area contributed by atoms with E-state index in [4.69, 9.17) is 11.6 Å². The zero-order valence-electron chi connectivity index (χ0n) is 18.3. The lowest BCUT2D eigenvalue weighted by molar-refractivity contribution is -0.119. The van der Waals surface area contributed by atoms with Crippen molar-refractivity contribution in [3.8, 4) is 0 Å². The third kappa shape index (κ3) is 6.33. The van der Waals surface area contributed by atoms with Crippen molar-refractivity contribution in [2.24, 2.45) is 5.10 Å². The summed E-state index contributed by atoms with van der Waals surface area (Å²) >= 11 is 8.13. The molecule has 0 aliphatic heterocycles. The molecule has 0 heterocycles. The van der Waals surface area contributed by atoms with E-state index in [0.29, 0.717) is 16.4 Å². The molecule has 1 amide bonds. The average molecular weight is 596 g/mol. The number of nitrogens with one attached hydrogen (secondary N) is 1. The first kappa shape index (κ1) is 25.2. The Morgan fingerprint density at radius 3 is 2.24 bits per heavy atom. The summed E-state index contributed by atoms with van der Waals surface area (Å²) in [5, 5.41) is 4.57. The largest absolute Gasteiger partial charge is 0.271 e. The molecule has 9 heteroatoms. The van der Waals surface area contributed by atoms with Gasteiger partial charge in [0, 0.05) is 8.59 Å². The molecule has 0 spiro atoms. The number of aryl methyl sites for hydroxylation is 2. The Morgan fingerprint density at radius 2 is 1.64 bits per heavy atom. The third-order valence-electron chi connectivity index (χ3n) is 5.08. The number of halogens is 2. The van der Waals surface area contributed by atoms with Gasteiger partial charge in [0.05, 0.1) is 16.3 Å². The van der Waals surface area contributed by atoms with Crippen molar-refractivity contribution in [1.82, 2.24) is 5.43 Å². The molecule has 0 radical (unpaired) electrons. The molecule has 0 saturated heterocycles. The highest BCUT2D eigenvalue weighted by Gasteiger charge is 2.27. The van der Waals surface area contributed by atoms with E-state index in [1.165, 1.54) is 24.3 Å². The monoisotopic (exact) mass is 595 g/mol. The van der Waals surface area contributed by atoms with E-state index < -0.39 is 22.5 Å². The number of carbonyl (C=O) groups excluding carboxylic acids is 1. The van der Waals surface area contributed by atoms with Gasteiger partial charge in [0.1, 0.15) is 6.54 Å². The summed E-state index contributed by atoms with van der Waals surface area (Å²) in [6.45, 7) is 5.16. The summed E-state index contributed by atoms with van der Waals surface area (Å²) in [5.74, 6) is -0.560. The predicted molar refractivity (Wildman–Crippen MR) is 141 cm³/mol.